The fraction of sp³-hybridized carbons (Fsp3) is 0.368. The smallest absolute Gasteiger partial charge is 0.331 e. The van der Waals surface area contributed by atoms with Crippen LogP contribution in [0, 0.1) is 18.3 Å². The Morgan fingerprint density at radius 1 is 1.33 bits per heavy atom. The number of aryl methyl sites for hydroxylation is 1. The maximum absolute atomic E-state index is 13.0. The zero-order chi connectivity index (χ0) is 20.7. The summed E-state index contributed by atoms with van der Waals surface area (Å²) in [6.07, 6.45) is 6.34. The normalized spacial score (nSPS) is 14.9. The van der Waals surface area contributed by atoms with Gasteiger partial charge in [-0.2, -0.15) is 15.3 Å². The number of hydrogen-bond donors (Lipinski definition) is 1. The zero-order valence-corrected chi connectivity index (χ0v) is 16.3. The van der Waals surface area contributed by atoms with E-state index >= 15 is 0 Å². The number of pyridine rings is 1. The number of nitrogens with one attached hydrogen (secondary N) is 1. The number of hydrogen-bond acceptors (Lipinski definition) is 8. The molecule has 5 heterocycles. The molecule has 0 bridgehead atoms. The largest absolute Gasteiger partial charge is 0.381 e. The molecule has 1 saturated heterocycles. The Hall–Kier alpha value is -3.78. The predicted octanol–water partition coefficient (Wildman–Crippen LogP) is 1.56. The lowest BCUT2D eigenvalue weighted by Gasteiger charge is -2.22. The monoisotopic (exact) mass is 405 g/mol. The van der Waals surface area contributed by atoms with Crippen molar-refractivity contribution in [3.8, 4) is 6.07 Å². The van der Waals surface area contributed by atoms with Gasteiger partial charge in [0.05, 0.1) is 24.2 Å². The van der Waals surface area contributed by atoms with Crippen molar-refractivity contribution in [3.63, 3.8) is 0 Å². The molecule has 11 nitrogen and oxygen atoms in total. The fourth-order valence-electron chi connectivity index (χ4n) is 3.82. The summed E-state index contributed by atoms with van der Waals surface area (Å²) in [6.45, 7) is 3.09. The van der Waals surface area contributed by atoms with Crippen molar-refractivity contribution in [2.24, 2.45) is 0 Å². The Kier molecular flexibility index (Phi) is 4.40. The average molecular weight is 405 g/mol. The summed E-state index contributed by atoms with van der Waals surface area (Å²) in [5.41, 5.74) is 3.30. The SMILES string of the molecule is Cc1cc2ncnn2cc1Nc1ncc2c(n1)n(C1CCOCC1)c(=O)n2CC#N. The van der Waals surface area contributed by atoms with Crippen LogP contribution in [0.4, 0.5) is 11.6 Å². The van der Waals surface area contributed by atoms with Gasteiger partial charge in [0.1, 0.15) is 18.4 Å². The van der Waals surface area contributed by atoms with E-state index in [0.29, 0.717) is 30.3 Å². The Morgan fingerprint density at radius 3 is 2.97 bits per heavy atom. The lowest BCUT2D eigenvalue weighted by atomic mass is 10.1. The highest BCUT2D eigenvalue weighted by Gasteiger charge is 2.24. The van der Waals surface area contributed by atoms with Gasteiger partial charge in [-0.3, -0.25) is 9.13 Å². The van der Waals surface area contributed by atoms with Crippen LogP contribution in [-0.2, 0) is 11.3 Å². The molecule has 152 valence electrons. The van der Waals surface area contributed by atoms with Gasteiger partial charge in [-0.15, -0.1) is 0 Å². The van der Waals surface area contributed by atoms with Gasteiger partial charge in [0.25, 0.3) is 0 Å². The van der Waals surface area contributed by atoms with Crippen LogP contribution < -0.4 is 11.0 Å². The van der Waals surface area contributed by atoms with Gasteiger partial charge in [0.15, 0.2) is 11.3 Å². The van der Waals surface area contributed by atoms with Gasteiger partial charge in [-0.25, -0.2) is 19.3 Å². The van der Waals surface area contributed by atoms with Crippen LogP contribution in [0.1, 0.15) is 24.4 Å². The van der Waals surface area contributed by atoms with E-state index in [9.17, 15) is 4.79 Å². The number of ether oxygens (including phenoxy) is 1. The molecular weight excluding hydrogens is 386 g/mol. The quantitative estimate of drug-likeness (QED) is 0.542. The number of imidazole rings is 1. The van der Waals surface area contributed by atoms with Crippen LogP contribution in [-0.4, -0.2) is 46.9 Å². The molecular formula is C19H19N9O2. The highest BCUT2D eigenvalue weighted by atomic mass is 16.5. The third-order valence-electron chi connectivity index (χ3n) is 5.36. The topological polar surface area (TPSA) is 128 Å². The number of nitriles is 1. The van der Waals surface area contributed by atoms with Gasteiger partial charge in [0, 0.05) is 19.3 Å². The van der Waals surface area contributed by atoms with Crippen LogP contribution in [0.3, 0.4) is 0 Å². The predicted molar refractivity (Wildman–Crippen MR) is 107 cm³/mol. The summed E-state index contributed by atoms with van der Waals surface area (Å²) in [4.78, 5) is 26.2. The Balaban J connectivity index is 1.60. The molecule has 0 unspecified atom stereocenters. The summed E-state index contributed by atoms with van der Waals surface area (Å²) in [5, 5.41) is 16.5. The Bertz CT molecular complexity index is 1340. The van der Waals surface area contributed by atoms with Crippen LogP contribution in [0.15, 0.2) is 29.6 Å². The van der Waals surface area contributed by atoms with Crippen molar-refractivity contribution in [2.45, 2.75) is 32.4 Å². The van der Waals surface area contributed by atoms with Crippen molar-refractivity contribution in [3.05, 3.63) is 40.8 Å². The first kappa shape index (κ1) is 18.3. The fourth-order valence-corrected chi connectivity index (χ4v) is 3.82. The number of anilines is 2. The highest BCUT2D eigenvalue weighted by Crippen LogP contribution is 2.25. The number of nitrogens with zero attached hydrogens (tertiary/aromatic N) is 8. The van der Waals surface area contributed by atoms with Crippen molar-refractivity contribution in [1.82, 2.24) is 33.7 Å². The van der Waals surface area contributed by atoms with Crippen molar-refractivity contribution < 1.29 is 4.74 Å². The second kappa shape index (κ2) is 7.23. The first-order valence-corrected chi connectivity index (χ1v) is 9.65. The molecule has 0 aliphatic carbocycles. The molecule has 0 radical (unpaired) electrons. The third-order valence-corrected chi connectivity index (χ3v) is 5.36. The summed E-state index contributed by atoms with van der Waals surface area (Å²) < 4.78 is 10.2. The van der Waals surface area contributed by atoms with Gasteiger partial charge >= 0.3 is 5.69 Å². The summed E-state index contributed by atoms with van der Waals surface area (Å²) in [5.74, 6) is 0.361. The minimum absolute atomic E-state index is 0.0234. The zero-order valence-electron chi connectivity index (χ0n) is 16.3. The number of rotatable bonds is 4. The van der Waals surface area contributed by atoms with Gasteiger partial charge in [-0.1, -0.05) is 0 Å². The summed E-state index contributed by atoms with van der Waals surface area (Å²) >= 11 is 0. The van der Waals surface area contributed by atoms with E-state index in [1.54, 1.807) is 15.3 Å². The molecule has 30 heavy (non-hydrogen) atoms. The summed E-state index contributed by atoms with van der Waals surface area (Å²) in [7, 11) is 0. The van der Waals surface area contributed by atoms with Gasteiger partial charge in [0.2, 0.25) is 5.95 Å². The summed E-state index contributed by atoms with van der Waals surface area (Å²) in [6, 6.07) is 3.94. The molecule has 0 amide bonds. The van der Waals surface area contributed by atoms with E-state index in [1.807, 2.05) is 25.3 Å². The van der Waals surface area contributed by atoms with Crippen molar-refractivity contribution in [1.29, 1.82) is 5.26 Å². The first-order valence-electron chi connectivity index (χ1n) is 9.65. The second-order valence-electron chi connectivity index (χ2n) is 7.20. The first-order chi connectivity index (χ1) is 14.7. The van der Waals surface area contributed by atoms with Gasteiger partial charge in [-0.05, 0) is 31.4 Å². The molecule has 0 spiro atoms. The van der Waals surface area contributed by atoms with Crippen LogP contribution in [0.25, 0.3) is 16.8 Å². The van der Waals surface area contributed by atoms with E-state index in [-0.39, 0.29) is 18.3 Å². The second-order valence-corrected chi connectivity index (χ2v) is 7.20. The Labute approximate surface area is 170 Å². The molecule has 4 aromatic rings. The van der Waals surface area contributed by atoms with E-state index in [0.717, 1.165) is 29.7 Å². The van der Waals surface area contributed by atoms with E-state index in [2.05, 4.69) is 25.4 Å². The van der Waals surface area contributed by atoms with Gasteiger partial charge < -0.3 is 10.1 Å². The maximum atomic E-state index is 13.0. The molecule has 0 aromatic carbocycles. The van der Waals surface area contributed by atoms with Crippen molar-refractivity contribution >= 4 is 28.4 Å². The lowest BCUT2D eigenvalue weighted by Crippen LogP contribution is -2.30. The molecule has 5 rings (SSSR count). The van der Waals surface area contributed by atoms with E-state index in [1.165, 1.54) is 10.9 Å². The number of aromatic nitrogens is 7. The molecule has 1 aliphatic rings. The molecule has 0 saturated carbocycles. The van der Waals surface area contributed by atoms with Crippen LogP contribution in [0.2, 0.25) is 0 Å². The lowest BCUT2D eigenvalue weighted by molar-refractivity contribution is 0.0695. The molecule has 4 aromatic heterocycles. The van der Waals surface area contributed by atoms with E-state index in [4.69, 9.17) is 10.00 Å². The molecule has 1 fully saturated rings. The maximum Gasteiger partial charge on any atom is 0.331 e. The standard InChI is InChI=1S/C19H19N9O2/c1-12-8-16-22-11-23-27(16)10-14(12)24-18-21-9-15-17(25-18)28(13-2-6-30-7-3-13)19(29)26(15)5-4-20/h8-11,13H,2-3,5-7H2,1H3,(H,21,24,25). The average Bonchev–Trinajstić information content (AvgIpc) is 3.31. The van der Waals surface area contributed by atoms with Crippen LogP contribution >= 0.6 is 0 Å². The third kappa shape index (κ3) is 2.98. The van der Waals surface area contributed by atoms with E-state index < -0.39 is 0 Å². The van der Waals surface area contributed by atoms with Crippen molar-refractivity contribution in [2.75, 3.05) is 18.5 Å². The Morgan fingerprint density at radius 2 is 2.17 bits per heavy atom. The number of fused-ring (bicyclic) bond motifs is 2. The van der Waals surface area contributed by atoms with Crippen LogP contribution in [0.5, 0.6) is 0 Å². The minimum Gasteiger partial charge on any atom is -0.381 e. The minimum atomic E-state index is -0.245. The molecule has 11 heteroatoms. The molecule has 1 N–H and O–H groups in total. The molecule has 1 aliphatic heterocycles. The highest BCUT2D eigenvalue weighted by molar-refractivity contribution is 5.73. The molecule has 0 atom stereocenters.